The smallest absolute Gasteiger partial charge is 0.255 e. The van der Waals surface area contributed by atoms with Crippen molar-refractivity contribution in [2.75, 3.05) is 19.3 Å². The van der Waals surface area contributed by atoms with E-state index in [4.69, 9.17) is 17.3 Å². The summed E-state index contributed by atoms with van der Waals surface area (Å²) >= 11 is 5.82. The SMILES string of the molecule is CN(CC(C)(C)O)C(=O)c1cc(Cl)ccc1N. The number of rotatable bonds is 3. The van der Waals surface area contributed by atoms with Crippen LogP contribution < -0.4 is 5.73 Å². The second-order valence-electron chi connectivity index (χ2n) is 4.71. The molecule has 1 aromatic rings. The Morgan fingerprint density at radius 2 is 2.12 bits per heavy atom. The van der Waals surface area contributed by atoms with Crippen LogP contribution in [-0.4, -0.2) is 35.1 Å². The maximum atomic E-state index is 12.1. The van der Waals surface area contributed by atoms with Gasteiger partial charge >= 0.3 is 0 Å². The van der Waals surface area contributed by atoms with E-state index in [1.54, 1.807) is 33.0 Å². The molecule has 5 heteroatoms. The molecular weight excluding hydrogens is 240 g/mol. The molecule has 1 aromatic carbocycles. The summed E-state index contributed by atoms with van der Waals surface area (Å²) in [6.45, 7) is 3.49. The van der Waals surface area contributed by atoms with Gasteiger partial charge in [0.15, 0.2) is 0 Å². The summed E-state index contributed by atoms with van der Waals surface area (Å²) in [5, 5.41) is 10.1. The Bertz CT molecular complexity index is 427. The normalized spacial score (nSPS) is 11.4. The van der Waals surface area contributed by atoms with E-state index in [0.29, 0.717) is 16.3 Å². The van der Waals surface area contributed by atoms with Crippen LogP contribution in [0, 0.1) is 0 Å². The lowest BCUT2D eigenvalue weighted by molar-refractivity contribution is 0.0368. The Morgan fingerprint density at radius 1 is 1.53 bits per heavy atom. The Labute approximate surface area is 106 Å². The number of benzene rings is 1. The number of anilines is 1. The molecule has 0 saturated carbocycles. The summed E-state index contributed by atoms with van der Waals surface area (Å²) in [6, 6.07) is 4.75. The summed E-state index contributed by atoms with van der Waals surface area (Å²) in [5.41, 5.74) is 5.50. The molecule has 0 bridgehead atoms. The van der Waals surface area contributed by atoms with Crippen LogP contribution in [0.25, 0.3) is 0 Å². The van der Waals surface area contributed by atoms with Crippen LogP contribution in [0.15, 0.2) is 18.2 Å². The van der Waals surface area contributed by atoms with Crippen LogP contribution in [-0.2, 0) is 0 Å². The van der Waals surface area contributed by atoms with Gasteiger partial charge in [-0.25, -0.2) is 0 Å². The number of likely N-dealkylation sites (N-methyl/N-ethyl adjacent to an activating group) is 1. The summed E-state index contributed by atoms with van der Waals surface area (Å²) in [4.78, 5) is 13.5. The molecule has 17 heavy (non-hydrogen) atoms. The molecule has 0 aromatic heterocycles. The van der Waals surface area contributed by atoms with Crippen LogP contribution in [0.5, 0.6) is 0 Å². The fourth-order valence-electron chi connectivity index (χ4n) is 1.57. The van der Waals surface area contributed by atoms with E-state index in [1.165, 1.54) is 11.0 Å². The topological polar surface area (TPSA) is 66.6 Å². The number of aliphatic hydroxyl groups is 1. The predicted molar refractivity (Wildman–Crippen MR) is 69.1 cm³/mol. The molecule has 0 aliphatic carbocycles. The Balaban J connectivity index is 2.93. The third kappa shape index (κ3) is 3.91. The summed E-state index contributed by atoms with van der Waals surface area (Å²) in [5.74, 6) is -0.257. The molecule has 0 radical (unpaired) electrons. The van der Waals surface area contributed by atoms with Crippen LogP contribution in [0.3, 0.4) is 0 Å². The number of carbonyl (C=O) groups excluding carboxylic acids is 1. The van der Waals surface area contributed by atoms with Gasteiger partial charge in [0.2, 0.25) is 0 Å². The Kier molecular flexibility index (Phi) is 4.01. The highest BCUT2D eigenvalue weighted by Gasteiger charge is 2.21. The first-order chi connectivity index (χ1) is 7.70. The quantitative estimate of drug-likeness (QED) is 0.810. The fourth-order valence-corrected chi connectivity index (χ4v) is 1.74. The van der Waals surface area contributed by atoms with Gasteiger partial charge < -0.3 is 15.7 Å². The first-order valence-electron chi connectivity index (χ1n) is 5.23. The van der Waals surface area contributed by atoms with Crippen LogP contribution >= 0.6 is 11.6 Å². The number of carbonyl (C=O) groups is 1. The number of amides is 1. The molecule has 0 heterocycles. The standard InChI is InChI=1S/C12H17ClN2O2/c1-12(2,17)7-15(3)11(16)9-6-8(13)4-5-10(9)14/h4-6,17H,7,14H2,1-3H3. The van der Waals surface area contributed by atoms with E-state index in [1.807, 2.05) is 0 Å². The van der Waals surface area contributed by atoms with E-state index >= 15 is 0 Å². The zero-order chi connectivity index (χ0) is 13.2. The van der Waals surface area contributed by atoms with Crippen molar-refractivity contribution >= 4 is 23.2 Å². The Morgan fingerprint density at radius 3 is 2.65 bits per heavy atom. The van der Waals surface area contributed by atoms with Gasteiger partial charge in [0.1, 0.15) is 0 Å². The number of nitrogen functional groups attached to an aromatic ring is 1. The first-order valence-corrected chi connectivity index (χ1v) is 5.61. The fraction of sp³-hybridized carbons (Fsp3) is 0.417. The molecule has 1 amide bonds. The number of nitrogens with two attached hydrogens (primary N) is 1. The van der Waals surface area contributed by atoms with Gasteiger partial charge in [0.25, 0.3) is 5.91 Å². The van der Waals surface area contributed by atoms with E-state index in [-0.39, 0.29) is 12.5 Å². The van der Waals surface area contributed by atoms with Crippen molar-refractivity contribution in [2.24, 2.45) is 0 Å². The van der Waals surface area contributed by atoms with Gasteiger partial charge in [0, 0.05) is 24.3 Å². The second kappa shape index (κ2) is 4.94. The van der Waals surface area contributed by atoms with E-state index in [2.05, 4.69) is 0 Å². The van der Waals surface area contributed by atoms with Crippen LogP contribution in [0.2, 0.25) is 5.02 Å². The van der Waals surface area contributed by atoms with Crippen molar-refractivity contribution in [1.82, 2.24) is 4.90 Å². The Hall–Kier alpha value is -1.26. The van der Waals surface area contributed by atoms with Gasteiger partial charge in [-0.1, -0.05) is 11.6 Å². The number of nitrogens with zero attached hydrogens (tertiary/aromatic N) is 1. The molecular formula is C12H17ClN2O2. The van der Waals surface area contributed by atoms with Gasteiger partial charge in [-0.3, -0.25) is 4.79 Å². The average Bonchev–Trinajstić information content (AvgIpc) is 2.18. The van der Waals surface area contributed by atoms with E-state index in [9.17, 15) is 9.90 Å². The zero-order valence-corrected chi connectivity index (χ0v) is 11.0. The molecule has 0 atom stereocenters. The molecule has 0 spiro atoms. The predicted octanol–water partition coefficient (Wildman–Crippen LogP) is 1.77. The van der Waals surface area contributed by atoms with Gasteiger partial charge in [-0.15, -0.1) is 0 Å². The average molecular weight is 257 g/mol. The molecule has 0 fully saturated rings. The minimum atomic E-state index is -0.947. The molecule has 4 nitrogen and oxygen atoms in total. The van der Waals surface area contributed by atoms with Gasteiger partial charge in [-0.2, -0.15) is 0 Å². The van der Waals surface area contributed by atoms with Crippen molar-refractivity contribution in [2.45, 2.75) is 19.4 Å². The second-order valence-corrected chi connectivity index (χ2v) is 5.14. The highest BCUT2D eigenvalue weighted by Crippen LogP contribution is 2.19. The highest BCUT2D eigenvalue weighted by atomic mass is 35.5. The molecule has 0 aliphatic heterocycles. The van der Waals surface area contributed by atoms with Crippen molar-refractivity contribution in [1.29, 1.82) is 0 Å². The third-order valence-electron chi connectivity index (χ3n) is 2.22. The largest absolute Gasteiger partial charge is 0.398 e. The summed E-state index contributed by atoms with van der Waals surface area (Å²) in [6.07, 6.45) is 0. The van der Waals surface area contributed by atoms with Crippen molar-refractivity contribution in [3.63, 3.8) is 0 Å². The lowest BCUT2D eigenvalue weighted by atomic mass is 10.1. The minimum Gasteiger partial charge on any atom is -0.398 e. The van der Waals surface area contributed by atoms with E-state index in [0.717, 1.165) is 0 Å². The third-order valence-corrected chi connectivity index (χ3v) is 2.45. The van der Waals surface area contributed by atoms with Gasteiger partial charge in [0.05, 0.1) is 11.2 Å². The molecule has 0 unspecified atom stereocenters. The molecule has 94 valence electrons. The maximum Gasteiger partial charge on any atom is 0.255 e. The highest BCUT2D eigenvalue weighted by molar-refractivity contribution is 6.31. The lowest BCUT2D eigenvalue weighted by Gasteiger charge is -2.26. The van der Waals surface area contributed by atoms with Crippen LogP contribution in [0.4, 0.5) is 5.69 Å². The van der Waals surface area contributed by atoms with Crippen molar-refractivity contribution in [3.8, 4) is 0 Å². The van der Waals surface area contributed by atoms with Crippen molar-refractivity contribution in [3.05, 3.63) is 28.8 Å². The first kappa shape index (κ1) is 13.8. The summed E-state index contributed by atoms with van der Waals surface area (Å²) in [7, 11) is 1.61. The number of hydrogen-bond donors (Lipinski definition) is 2. The van der Waals surface area contributed by atoms with Gasteiger partial charge in [-0.05, 0) is 32.0 Å². The lowest BCUT2D eigenvalue weighted by Crippen LogP contribution is -2.39. The van der Waals surface area contributed by atoms with E-state index < -0.39 is 5.60 Å². The summed E-state index contributed by atoms with van der Waals surface area (Å²) < 4.78 is 0. The molecule has 1 rings (SSSR count). The number of halogens is 1. The van der Waals surface area contributed by atoms with Crippen molar-refractivity contribution < 1.29 is 9.90 Å². The maximum absolute atomic E-state index is 12.1. The molecule has 3 N–H and O–H groups in total. The molecule has 0 aliphatic rings. The van der Waals surface area contributed by atoms with Crippen LogP contribution in [0.1, 0.15) is 24.2 Å². The monoisotopic (exact) mass is 256 g/mol. The zero-order valence-electron chi connectivity index (χ0n) is 10.2. The minimum absolute atomic E-state index is 0.220. The molecule has 0 saturated heterocycles. The number of hydrogen-bond acceptors (Lipinski definition) is 3.